The van der Waals surface area contributed by atoms with Crippen molar-refractivity contribution >= 4 is 27.5 Å². The largest absolute Gasteiger partial charge is 0.352 e. The number of hydrogen-bond donors (Lipinski definition) is 2. The van der Waals surface area contributed by atoms with E-state index in [4.69, 9.17) is 11.6 Å². The molecule has 3 rings (SSSR count). The van der Waals surface area contributed by atoms with Gasteiger partial charge in [-0.25, -0.2) is 17.8 Å². The minimum Gasteiger partial charge on any atom is -0.352 e. The summed E-state index contributed by atoms with van der Waals surface area (Å²) in [6, 6.07) is 12.4. The molecule has 0 bridgehead atoms. The molecule has 0 saturated carbocycles. The number of aryl methyl sites for hydroxylation is 2. The van der Waals surface area contributed by atoms with Gasteiger partial charge in [-0.05, 0) is 49.7 Å². The third-order valence-corrected chi connectivity index (χ3v) is 6.35. The van der Waals surface area contributed by atoms with E-state index in [1.807, 2.05) is 31.3 Å². The fraction of sp³-hybridized carbons (Fsp3) is 0.238. The van der Waals surface area contributed by atoms with Gasteiger partial charge in [-0.3, -0.25) is 4.79 Å². The standard InChI is InChI=1S/C21H23ClN4O3S/c1-15-3-8-20(16(2)11-15)30(28,29)25-10-9-21(27)23-12-17-13-24-26(14-17)19-6-4-18(22)5-7-19/h3-8,11,13-14,25H,9-10,12H2,1-2H3,(H,23,27). The van der Waals surface area contributed by atoms with E-state index in [2.05, 4.69) is 15.1 Å². The number of carbonyl (C=O) groups excluding carboxylic acids is 1. The second kappa shape index (κ2) is 9.42. The molecule has 0 spiro atoms. The Labute approximate surface area is 181 Å². The number of sulfonamides is 1. The number of nitrogens with zero attached hydrogens (tertiary/aromatic N) is 2. The Morgan fingerprint density at radius 3 is 2.57 bits per heavy atom. The Bertz CT molecular complexity index is 1140. The van der Waals surface area contributed by atoms with Crippen LogP contribution in [0.5, 0.6) is 0 Å². The molecule has 1 heterocycles. The maximum atomic E-state index is 12.4. The van der Waals surface area contributed by atoms with Crippen molar-refractivity contribution < 1.29 is 13.2 Å². The predicted octanol–water partition coefficient (Wildman–Crippen LogP) is 3.13. The molecule has 0 unspecified atom stereocenters. The molecule has 0 radical (unpaired) electrons. The SMILES string of the molecule is Cc1ccc(S(=O)(=O)NCCC(=O)NCc2cnn(-c3ccc(Cl)cc3)c2)c(C)c1. The fourth-order valence-corrected chi connectivity index (χ4v) is 4.34. The summed E-state index contributed by atoms with van der Waals surface area (Å²) in [7, 11) is -3.65. The predicted molar refractivity (Wildman–Crippen MR) is 116 cm³/mol. The fourth-order valence-electron chi connectivity index (χ4n) is 2.95. The summed E-state index contributed by atoms with van der Waals surface area (Å²) < 4.78 is 29.0. The van der Waals surface area contributed by atoms with Gasteiger partial charge in [0.25, 0.3) is 0 Å². The van der Waals surface area contributed by atoms with Crippen LogP contribution >= 0.6 is 11.6 Å². The normalized spacial score (nSPS) is 11.4. The van der Waals surface area contributed by atoms with Crippen molar-refractivity contribution in [3.8, 4) is 5.69 Å². The lowest BCUT2D eigenvalue weighted by atomic mass is 10.2. The molecule has 2 N–H and O–H groups in total. The molecule has 158 valence electrons. The lowest BCUT2D eigenvalue weighted by Crippen LogP contribution is -2.30. The van der Waals surface area contributed by atoms with Crippen molar-refractivity contribution in [3.05, 3.63) is 76.6 Å². The first-order valence-electron chi connectivity index (χ1n) is 9.38. The van der Waals surface area contributed by atoms with E-state index in [9.17, 15) is 13.2 Å². The van der Waals surface area contributed by atoms with Crippen LogP contribution in [-0.4, -0.2) is 30.7 Å². The molecule has 0 aliphatic rings. The van der Waals surface area contributed by atoms with Gasteiger partial charge in [0.15, 0.2) is 0 Å². The van der Waals surface area contributed by atoms with Crippen molar-refractivity contribution in [2.24, 2.45) is 0 Å². The van der Waals surface area contributed by atoms with Crippen molar-refractivity contribution in [3.63, 3.8) is 0 Å². The molecule has 1 amide bonds. The summed E-state index contributed by atoms with van der Waals surface area (Å²) in [5, 5.41) is 7.68. The van der Waals surface area contributed by atoms with Gasteiger partial charge in [0, 0.05) is 36.3 Å². The third kappa shape index (κ3) is 5.69. The first kappa shape index (κ1) is 22.0. The molecule has 9 heteroatoms. The average molecular weight is 447 g/mol. The van der Waals surface area contributed by atoms with Gasteiger partial charge in [-0.2, -0.15) is 5.10 Å². The Balaban J connectivity index is 1.48. The average Bonchev–Trinajstić information content (AvgIpc) is 3.15. The monoisotopic (exact) mass is 446 g/mol. The van der Waals surface area contributed by atoms with E-state index in [1.165, 1.54) is 0 Å². The van der Waals surface area contributed by atoms with E-state index in [0.29, 0.717) is 17.1 Å². The summed E-state index contributed by atoms with van der Waals surface area (Å²) >= 11 is 5.89. The van der Waals surface area contributed by atoms with Gasteiger partial charge >= 0.3 is 0 Å². The number of nitrogens with one attached hydrogen (secondary N) is 2. The van der Waals surface area contributed by atoms with Crippen molar-refractivity contribution in [1.82, 2.24) is 19.8 Å². The van der Waals surface area contributed by atoms with Gasteiger partial charge in [0.2, 0.25) is 15.9 Å². The Kier molecular flexibility index (Phi) is 6.91. The van der Waals surface area contributed by atoms with Crippen LogP contribution in [0, 0.1) is 13.8 Å². The van der Waals surface area contributed by atoms with Crippen molar-refractivity contribution in [1.29, 1.82) is 0 Å². The number of aromatic nitrogens is 2. The molecular formula is C21H23ClN4O3S. The van der Waals surface area contributed by atoms with Gasteiger partial charge < -0.3 is 5.32 Å². The molecule has 3 aromatic rings. The van der Waals surface area contributed by atoms with Crippen LogP contribution in [0.15, 0.2) is 59.8 Å². The van der Waals surface area contributed by atoms with Crippen LogP contribution in [0.4, 0.5) is 0 Å². The number of carbonyl (C=O) groups is 1. The van der Waals surface area contributed by atoms with Gasteiger partial charge in [0.05, 0.1) is 16.8 Å². The molecule has 0 saturated heterocycles. The van der Waals surface area contributed by atoms with Gasteiger partial charge in [-0.1, -0.05) is 29.3 Å². The number of halogens is 1. The Morgan fingerprint density at radius 2 is 1.87 bits per heavy atom. The highest BCUT2D eigenvalue weighted by molar-refractivity contribution is 7.89. The van der Waals surface area contributed by atoms with E-state index < -0.39 is 10.0 Å². The molecule has 1 aromatic heterocycles. The third-order valence-electron chi connectivity index (χ3n) is 4.48. The lowest BCUT2D eigenvalue weighted by Gasteiger charge is -2.10. The number of amides is 1. The second-order valence-corrected chi connectivity index (χ2v) is 9.13. The van der Waals surface area contributed by atoms with E-state index in [-0.39, 0.29) is 23.8 Å². The van der Waals surface area contributed by atoms with Gasteiger partial charge in [-0.15, -0.1) is 0 Å². The van der Waals surface area contributed by atoms with Crippen LogP contribution < -0.4 is 10.0 Å². The molecule has 30 heavy (non-hydrogen) atoms. The van der Waals surface area contributed by atoms with Crippen molar-refractivity contribution in [2.45, 2.75) is 31.7 Å². The highest BCUT2D eigenvalue weighted by atomic mass is 35.5. The molecule has 7 nitrogen and oxygen atoms in total. The van der Waals surface area contributed by atoms with Crippen LogP contribution in [0.25, 0.3) is 5.69 Å². The summed E-state index contributed by atoms with van der Waals surface area (Å²) in [6.07, 6.45) is 3.51. The van der Waals surface area contributed by atoms with E-state index in [1.54, 1.807) is 42.1 Å². The molecule has 0 atom stereocenters. The summed E-state index contributed by atoms with van der Waals surface area (Å²) in [6.45, 7) is 3.97. The Hall–Kier alpha value is -2.68. The minimum absolute atomic E-state index is 0.0194. The van der Waals surface area contributed by atoms with Crippen LogP contribution in [0.3, 0.4) is 0 Å². The maximum absolute atomic E-state index is 12.4. The summed E-state index contributed by atoms with van der Waals surface area (Å²) in [4.78, 5) is 12.3. The molecular weight excluding hydrogens is 424 g/mol. The zero-order chi connectivity index (χ0) is 21.7. The minimum atomic E-state index is -3.65. The van der Waals surface area contributed by atoms with Gasteiger partial charge in [0.1, 0.15) is 0 Å². The first-order chi connectivity index (χ1) is 14.2. The highest BCUT2D eigenvalue weighted by Crippen LogP contribution is 2.16. The second-order valence-electron chi connectivity index (χ2n) is 6.96. The first-order valence-corrected chi connectivity index (χ1v) is 11.2. The van der Waals surface area contributed by atoms with Crippen molar-refractivity contribution in [2.75, 3.05) is 6.54 Å². The number of benzene rings is 2. The Morgan fingerprint density at radius 1 is 1.13 bits per heavy atom. The van der Waals surface area contributed by atoms with Crippen LogP contribution in [0.2, 0.25) is 5.02 Å². The summed E-state index contributed by atoms with van der Waals surface area (Å²) in [5.41, 5.74) is 3.35. The zero-order valence-corrected chi connectivity index (χ0v) is 18.3. The molecule has 0 aliphatic heterocycles. The molecule has 0 aliphatic carbocycles. The zero-order valence-electron chi connectivity index (χ0n) is 16.7. The number of hydrogen-bond acceptors (Lipinski definition) is 4. The van der Waals surface area contributed by atoms with E-state index >= 15 is 0 Å². The quantitative estimate of drug-likeness (QED) is 0.556. The molecule has 0 fully saturated rings. The maximum Gasteiger partial charge on any atom is 0.240 e. The summed E-state index contributed by atoms with van der Waals surface area (Å²) in [5.74, 6) is -0.252. The topological polar surface area (TPSA) is 93.1 Å². The van der Waals surface area contributed by atoms with E-state index in [0.717, 1.165) is 16.8 Å². The number of rotatable bonds is 8. The molecule has 2 aromatic carbocycles. The smallest absolute Gasteiger partial charge is 0.240 e. The van der Waals surface area contributed by atoms with Crippen LogP contribution in [-0.2, 0) is 21.4 Å². The highest BCUT2D eigenvalue weighted by Gasteiger charge is 2.16. The van der Waals surface area contributed by atoms with Crippen LogP contribution in [0.1, 0.15) is 23.1 Å². The lowest BCUT2D eigenvalue weighted by molar-refractivity contribution is -0.121.